The molecule has 106 valence electrons. The summed E-state index contributed by atoms with van der Waals surface area (Å²) in [5, 5.41) is 4.58. The Balaban J connectivity index is 1.97. The minimum Gasteiger partial charge on any atom is -0.313 e. The summed E-state index contributed by atoms with van der Waals surface area (Å²) in [6.07, 6.45) is 1.16. The lowest BCUT2D eigenvalue weighted by atomic mass is 10.2. The highest BCUT2D eigenvalue weighted by molar-refractivity contribution is 7.99. The number of nitrogens with one attached hydrogen (secondary N) is 1. The second-order valence-corrected chi connectivity index (χ2v) is 6.46. The summed E-state index contributed by atoms with van der Waals surface area (Å²) in [5.41, 5.74) is 1.30. The second kappa shape index (κ2) is 7.94. The quantitative estimate of drug-likeness (QED) is 0.689. The van der Waals surface area contributed by atoms with Gasteiger partial charge in [0.1, 0.15) is 0 Å². The van der Waals surface area contributed by atoms with Crippen molar-refractivity contribution in [1.82, 2.24) is 5.32 Å². The molecule has 0 aliphatic rings. The zero-order chi connectivity index (χ0) is 14.4. The van der Waals surface area contributed by atoms with Crippen LogP contribution in [0.3, 0.4) is 0 Å². The van der Waals surface area contributed by atoms with Crippen LogP contribution in [0.5, 0.6) is 0 Å². The Hall–Kier alpha value is -0.670. The molecule has 0 amide bonds. The molecule has 0 saturated heterocycles. The summed E-state index contributed by atoms with van der Waals surface area (Å²) in [4.78, 5) is 2.29. The van der Waals surface area contributed by atoms with Gasteiger partial charge in [0.15, 0.2) is 0 Å². The molecule has 2 aromatic rings. The lowest BCUT2D eigenvalue weighted by Gasteiger charge is -2.06. The molecule has 1 nitrogen and oxygen atoms in total. The van der Waals surface area contributed by atoms with E-state index in [0.29, 0.717) is 10.0 Å². The molecular formula is C16H17Cl2NS. The molecule has 2 rings (SSSR count). The maximum Gasteiger partial charge on any atom is 0.0603 e. The smallest absolute Gasteiger partial charge is 0.0603 e. The molecule has 0 aromatic heterocycles. The van der Waals surface area contributed by atoms with E-state index in [0.717, 1.165) is 24.4 Å². The van der Waals surface area contributed by atoms with Crippen LogP contribution in [0.4, 0.5) is 0 Å². The van der Waals surface area contributed by atoms with Gasteiger partial charge in [-0.3, -0.25) is 0 Å². The highest BCUT2D eigenvalue weighted by atomic mass is 35.5. The predicted molar refractivity (Wildman–Crippen MR) is 89.0 cm³/mol. The van der Waals surface area contributed by atoms with Crippen LogP contribution in [0, 0.1) is 0 Å². The van der Waals surface area contributed by atoms with Crippen molar-refractivity contribution in [1.29, 1.82) is 0 Å². The summed E-state index contributed by atoms with van der Waals surface area (Å²) in [6.45, 7) is 4.15. The fourth-order valence-corrected chi connectivity index (χ4v) is 2.98. The molecule has 2 aromatic carbocycles. The molecule has 0 unspecified atom stereocenters. The molecule has 0 aliphatic heterocycles. The van der Waals surface area contributed by atoms with Gasteiger partial charge in [-0.1, -0.05) is 54.0 Å². The average molecular weight is 326 g/mol. The van der Waals surface area contributed by atoms with Crippen LogP contribution < -0.4 is 5.32 Å². The maximum absolute atomic E-state index is 6.02. The second-order valence-electron chi connectivity index (χ2n) is 4.50. The van der Waals surface area contributed by atoms with Gasteiger partial charge in [0, 0.05) is 16.3 Å². The van der Waals surface area contributed by atoms with Gasteiger partial charge >= 0.3 is 0 Å². The van der Waals surface area contributed by atoms with Gasteiger partial charge in [-0.25, -0.2) is 0 Å². The first-order valence-electron chi connectivity index (χ1n) is 6.61. The summed E-state index contributed by atoms with van der Waals surface area (Å²) >= 11 is 13.6. The van der Waals surface area contributed by atoms with E-state index < -0.39 is 0 Å². The molecule has 0 saturated carbocycles. The fourth-order valence-electron chi connectivity index (χ4n) is 1.76. The third kappa shape index (κ3) is 4.71. The van der Waals surface area contributed by atoms with Crippen LogP contribution in [-0.2, 0) is 6.54 Å². The van der Waals surface area contributed by atoms with E-state index in [1.54, 1.807) is 11.8 Å². The van der Waals surface area contributed by atoms with Gasteiger partial charge in [0.2, 0.25) is 0 Å². The van der Waals surface area contributed by atoms with Gasteiger partial charge < -0.3 is 5.32 Å². The Labute approximate surface area is 134 Å². The van der Waals surface area contributed by atoms with Crippen LogP contribution in [0.15, 0.2) is 52.3 Å². The van der Waals surface area contributed by atoms with Crippen LogP contribution in [0.2, 0.25) is 10.0 Å². The Morgan fingerprint density at radius 1 is 0.950 bits per heavy atom. The standard InChI is InChI=1S/C16H17Cl2NS/c1-2-9-19-11-12-3-5-13(6-4-12)20-14-7-8-15(17)16(18)10-14/h3-8,10,19H,2,9,11H2,1H3. The molecule has 0 bridgehead atoms. The largest absolute Gasteiger partial charge is 0.313 e. The van der Waals surface area contributed by atoms with E-state index in [2.05, 4.69) is 36.5 Å². The van der Waals surface area contributed by atoms with Crippen LogP contribution in [-0.4, -0.2) is 6.54 Å². The Bertz CT molecular complexity index is 555. The van der Waals surface area contributed by atoms with Crippen molar-refractivity contribution >= 4 is 35.0 Å². The van der Waals surface area contributed by atoms with E-state index in [4.69, 9.17) is 23.2 Å². The van der Waals surface area contributed by atoms with Crippen LogP contribution in [0.25, 0.3) is 0 Å². The van der Waals surface area contributed by atoms with Crippen molar-refractivity contribution in [2.24, 2.45) is 0 Å². The highest BCUT2D eigenvalue weighted by Gasteiger charge is 2.02. The molecule has 0 heterocycles. The summed E-state index contributed by atoms with van der Waals surface area (Å²) in [7, 11) is 0. The van der Waals surface area contributed by atoms with Gasteiger partial charge in [-0.2, -0.15) is 0 Å². The van der Waals surface area contributed by atoms with Crippen LogP contribution >= 0.6 is 35.0 Å². The van der Waals surface area contributed by atoms with Crippen molar-refractivity contribution in [3.63, 3.8) is 0 Å². The number of halogens is 2. The predicted octanol–water partition coefficient (Wildman–Crippen LogP) is 5.64. The molecular weight excluding hydrogens is 309 g/mol. The Kier molecular flexibility index (Phi) is 6.24. The minimum absolute atomic E-state index is 0.591. The number of hydrogen-bond donors (Lipinski definition) is 1. The van der Waals surface area contributed by atoms with Crippen molar-refractivity contribution in [3.8, 4) is 0 Å². The van der Waals surface area contributed by atoms with Crippen molar-refractivity contribution in [2.45, 2.75) is 29.7 Å². The third-order valence-corrected chi connectivity index (χ3v) is 4.54. The monoisotopic (exact) mass is 325 g/mol. The van der Waals surface area contributed by atoms with E-state index in [1.165, 1.54) is 10.5 Å². The fraction of sp³-hybridized carbons (Fsp3) is 0.250. The first-order chi connectivity index (χ1) is 9.69. The zero-order valence-corrected chi connectivity index (χ0v) is 13.7. The summed E-state index contributed by atoms with van der Waals surface area (Å²) in [6, 6.07) is 14.3. The summed E-state index contributed by atoms with van der Waals surface area (Å²) < 4.78 is 0. The van der Waals surface area contributed by atoms with Crippen molar-refractivity contribution < 1.29 is 0 Å². The number of hydrogen-bond acceptors (Lipinski definition) is 2. The zero-order valence-electron chi connectivity index (χ0n) is 11.3. The minimum atomic E-state index is 0.591. The van der Waals surface area contributed by atoms with Gasteiger partial charge in [-0.15, -0.1) is 0 Å². The first-order valence-corrected chi connectivity index (χ1v) is 8.19. The van der Waals surface area contributed by atoms with E-state index in [9.17, 15) is 0 Å². The highest BCUT2D eigenvalue weighted by Crippen LogP contribution is 2.32. The summed E-state index contributed by atoms with van der Waals surface area (Å²) in [5.74, 6) is 0. The normalized spacial score (nSPS) is 10.8. The van der Waals surface area contributed by atoms with Gasteiger partial charge in [0.25, 0.3) is 0 Å². The lowest BCUT2D eigenvalue weighted by Crippen LogP contribution is -2.13. The van der Waals surface area contributed by atoms with E-state index in [-0.39, 0.29) is 0 Å². The topological polar surface area (TPSA) is 12.0 Å². The Morgan fingerprint density at radius 2 is 1.65 bits per heavy atom. The lowest BCUT2D eigenvalue weighted by molar-refractivity contribution is 0.675. The molecule has 20 heavy (non-hydrogen) atoms. The van der Waals surface area contributed by atoms with Crippen LogP contribution in [0.1, 0.15) is 18.9 Å². The molecule has 0 radical (unpaired) electrons. The first kappa shape index (κ1) is 15.7. The van der Waals surface area contributed by atoms with Crippen molar-refractivity contribution in [2.75, 3.05) is 6.54 Å². The maximum atomic E-state index is 6.02. The molecule has 0 aliphatic carbocycles. The SMILES string of the molecule is CCCNCc1ccc(Sc2ccc(Cl)c(Cl)c2)cc1. The number of rotatable bonds is 6. The molecule has 0 atom stereocenters. The molecule has 0 fully saturated rings. The molecule has 4 heteroatoms. The average Bonchev–Trinajstić information content (AvgIpc) is 2.45. The van der Waals surface area contributed by atoms with Gasteiger partial charge in [-0.05, 0) is 48.9 Å². The Morgan fingerprint density at radius 3 is 2.30 bits per heavy atom. The molecule has 0 spiro atoms. The number of benzene rings is 2. The van der Waals surface area contributed by atoms with Gasteiger partial charge in [0.05, 0.1) is 10.0 Å². The van der Waals surface area contributed by atoms with E-state index >= 15 is 0 Å². The van der Waals surface area contributed by atoms with E-state index in [1.807, 2.05) is 18.2 Å². The van der Waals surface area contributed by atoms with Crippen molar-refractivity contribution in [3.05, 3.63) is 58.1 Å². The third-order valence-electron chi connectivity index (χ3n) is 2.81. The molecule has 1 N–H and O–H groups in total.